The number of unbranched alkanes of at least 4 members (excludes halogenated alkanes) is 12. The van der Waals surface area contributed by atoms with Gasteiger partial charge in [-0.15, -0.1) is 0 Å². The van der Waals surface area contributed by atoms with E-state index in [-0.39, 0.29) is 2.85 Å². The first-order valence-electron chi connectivity index (χ1n) is 12.6. The molecule has 0 unspecified atom stereocenters. The highest BCUT2D eigenvalue weighted by atomic mass is 31.2. The van der Waals surface area contributed by atoms with Crippen LogP contribution in [0.15, 0.2) is 0 Å². The van der Waals surface area contributed by atoms with Gasteiger partial charge in [-0.3, -0.25) is 0 Å². The number of hydrogen-bond donors (Lipinski definition) is 0. The van der Waals surface area contributed by atoms with E-state index in [1.165, 1.54) is 89.9 Å². The van der Waals surface area contributed by atoms with E-state index in [0.717, 1.165) is 0 Å². The van der Waals surface area contributed by atoms with Crippen molar-refractivity contribution in [2.45, 2.75) is 130 Å². The van der Waals surface area contributed by atoms with Crippen molar-refractivity contribution < 1.29 is 17.5 Å². The average Bonchev–Trinajstić information content (AvgIpc) is 2.69. The van der Waals surface area contributed by atoms with Crippen molar-refractivity contribution in [3.8, 4) is 0 Å². The highest BCUT2D eigenvalue weighted by Crippen LogP contribution is 2.61. The highest BCUT2D eigenvalue weighted by molar-refractivity contribution is 7.75. The Morgan fingerprint density at radius 2 is 0.690 bits per heavy atom. The Hall–Kier alpha value is 0.740. The van der Waals surface area contributed by atoms with Crippen LogP contribution in [0.25, 0.3) is 0 Å². The van der Waals surface area contributed by atoms with Crippen LogP contribution in [-0.4, -0.2) is 24.6 Å². The van der Waals surface area contributed by atoms with Crippen LogP contribution in [0.5, 0.6) is 0 Å². The molecule has 0 N–H and O–H groups in total. The predicted octanol–water partition coefficient (Wildman–Crippen LogP) is 6.84. The third kappa shape index (κ3) is 24.9. The van der Waals surface area contributed by atoms with Gasteiger partial charge < -0.3 is 23.3 Å². The van der Waals surface area contributed by atoms with Gasteiger partial charge in [-0.05, 0) is 38.5 Å². The third-order valence-corrected chi connectivity index (χ3v) is 11.0. The summed E-state index contributed by atoms with van der Waals surface area (Å²) in [5, 5.41) is 0. The quantitative estimate of drug-likeness (QED) is 0.150. The van der Waals surface area contributed by atoms with Gasteiger partial charge >= 0.3 is 2.85 Å². The van der Waals surface area contributed by atoms with Gasteiger partial charge in [-0.25, -0.2) is 0 Å². The molecule has 0 spiro atoms. The molecule has 0 aliphatic rings. The molecule has 5 heteroatoms. The molecule has 0 fully saturated rings. The van der Waals surface area contributed by atoms with Crippen molar-refractivity contribution in [3.63, 3.8) is 0 Å². The normalized spacial score (nSPS) is 11.6. The van der Waals surface area contributed by atoms with Crippen molar-refractivity contribution in [1.29, 1.82) is 0 Å². The van der Waals surface area contributed by atoms with Crippen molar-refractivity contribution >= 4 is 15.9 Å². The van der Waals surface area contributed by atoms with Crippen LogP contribution in [0.2, 0.25) is 0 Å². The highest BCUT2D eigenvalue weighted by Gasteiger charge is 2.34. The minimum absolute atomic E-state index is 0. The summed E-state index contributed by atoms with van der Waals surface area (Å²) in [6.07, 6.45) is 30.0. The summed E-state index contributed by atoms with van der Waals surface area (Å²) in [7, 11) is -4.01. The Labute approximate surface area is 188 Å². The van der Waals surface area contributed by atoms with E-state index in [1.807, 2.05) is 0 Å². The third-order valence-electron chi connectivity index (χ3n) is 5.94. The first kappa shape index (κ1) is 31.9. The standard InChI is InChI=1S/C24H52P.O3P/c1-5-9-13-15-17-19-23-25(21-11-7-3,22-12-8-4)24-20-18-16-14-10-6-2;1-4(2)3/h5-24H2,1-4H3;/q+1;-3/p+2. The molecule has 0 aromatic heterocycles. The van der Waals surface area contributed by atoms with E-state index in [2.05, 4.69) is 27.7 Å². The second-order valence-corrected chi connectivity index (χ2v) is 13.6. The summed E-state index contributed by atoms with van der Waals surface area (Å²) in [5.41, 5.74) is 0. The van der Waals surface area contributed by atoms with Gasteiger partial charge in [0.2, 0.25) is 0 Å². The molecule has 0 heterocycles. The fourth-order valence-electron chi connectivity index (χ4n) is 4.11. The fourth-order valence-corrected chi connectivity index (χ4v) is 9.22. The number of rotatable bonds is 20. The Bertz CT molecular complexity index is 284. The second kappa shape index (κ2) is 25.0. The van der Waals surface area contributed by atoms with Gasteiger partial charge in [0, 0.05) is 7.26 Å². The van der Waals surface area contributed by atoms with Gasteiger partial charge in [0.05, 0.1) is 24.6 Å². The number of hydrogen-bond acceptors (Lipinski definition) is 3. The lowest BCUT2D eigenvalue weighted by molar-refractivity contribution is -0.407. The average molecular weight is 453 g/mol. The van der Waals surface area contributed by atoms with Crippen molar-refractivity contribution in [2.75, 3.05) is 24.6 Å². The van der Waals surface area contributed by atoms with Gasteiger partial charge in [0.15, 0.2) is 0 Å². The monoisotopic (exact) mass is 452 g/mol. The lowest BCUT2D eigenvalue weighted by atomic mass is 10.1. The maximum Gasteiger partial charge on any atom is 1.00 e. The van der Waals surface area contributed by atoms with Gasteiger partial charge in [-0.2, -0.15) is 0 Å². The summed E-state index contributed by atoms with van der Waals surface area (Å²) in [6.45, 7) is 9.44. The fraction of sp³-hybridized carbons (Fsp3) is 1.00. The SMILES string of the molecule is CCCCCCCC[P+](CCCC)(CCCC)CCCCCCCC.[H+].[H+].[O-]P([O-])[O-]. The minimum atomic E-state index is -3.37. The van der Waals surface area contributed by atoms with Crippen molar-refractivity contribution in [2.24, 2.45) is 0 Å². The molecule has 0 bridgehead atoms. The van der Waals surface area contributed by atoms with Crippen molar-refractivity contribution in [1.82, 2.24) is 0 Å². The first-order chi connectivity index (χ1) is 14.0. The van der Waals surface area contributed by atoms with E-state index in [0.29, 0.717) is 0 Å². The van der Waals surface area contributed by atoms with Gasteiger partial charge in [0.25, 0.3) is 0 Å². The summed E-state index contributed by atoms with van der Waals surface area (Å²) < 4.78 is 0. The van der Waals surface area contributed by atoms with E-state index < -0.39 is 15.9 Å². The molecule has 29 heavy (non-hydrogen) atoms. The molecule has 178 valence electrons. The zero-order valence-electron chi connectivity index (χ0n) is 22.3. The summed E-state index contributed by atoms with van der Waals surface area (Å²) in [4.78, 5) is 25.4. The maximum atomic E-state index is 8.48. The lowest BCUT2D eigenvalue weighted by Gasteiger charge is -2.39. The molecule has 0 rings (SSSR count). The second-order valence-electron chi connectivity index (χ2n) is 8.70. The van der Waals surface area contributed by atoms with E-state index >= 15 is 0 Å². The minimum Gasteiger partial charge on any atom is -0.854 e. The Morgan fingerprint density at radius 1 is 0.448 bits per heavy atom. The zero-order valence-corrected chi connectivity index (χ0v) is 22.1. The maximum absolute atomic E-state index is 8.48. The molecular formula is C24H54O3P2. The molecule has 0 amide bonds. The van der Waals surface area contributed by atoms with Gasteiger partial charge in [-0.1, -0.05) is 91.9 Å². The molecule has 0 saturated carbocycles. The van der Waals surface area contributed by atoms with E-state index in [4.69, 9.17) is 14.7 Å². The zero-order chi connectivity index (χ0) is 22.2. The molecule has 0 aliphatic carbocycles. The summed E-state index contributed by atoms with van der Waals surface area (Å²) in [6, 6.07) is 0. The molecule has 0 saturated heterocycles. The largest absolute Gasteiger partial charge is 1.00 e. The van der Waals surface area contributed by atoms with Crippen LogP contribution in [-0.2, 0) is 0 Å². The smallest absolute Gasteiger partial charge is 0.854 e. The van der Waals surface area contributed by atoms with Crippen molar-refractivity contribution in [3.05, 3.63) is 0 Å². The van der Waals surface area contributed by atoms with Crippen LogP contribution < -0.4 is 14.7 Å². The van der Waals surface area contributed by atoms with Crippen LogP contribution >= 0.6 is 15.9 Å². The summed E-state index contributed by atoms with van der Waals surface area (Å²) >= 11 is 0. The molecule has 0 aromatic rings. The Kier molecular flexibility index (Phi) is 27.5. The molecule has 0 aliphatic heterocycles. The molecule has 0 aromatic carbocycles. The summed E-state index contributed by atoms with van der Waals surface area (Å²) in [5.74, 6) is 0. The van der Waals surface area contributed by atoms with Crippen LogP contribution in [0.1, 0.15) is 133 Å². The van der Waals surface area contributed by atoms with E-state index in [9.17, 15) is 0 Å². The Balaban J connectivity index is -0.000000555. The lowest BCUT2D eigenvalue weighted by Crippen LogP contribution is -2.18. The molecule has 0 radical (unpaired) electrons. The first-order valence-corrected chi connectivity index (χ1v) is 16.3. The van der Waals surface area contributed by atoms with Crippen LogP contribution in [0.3, 0.4) is 0 Å². The van der Waals surface area contributed by atoms with Gasteiger partial charge in [0.1, 0.15) is 0 Å². The Morgan fingerprint density at radius 3 is 1.00 bits per heavy atom. The topological polar surface area (TPSA) is 69.2 Å². The molecule has 0 atom stereocenters. The van der Waals surface area contributed by atoms with Crippen LogP contribution in [0, 0.1) is 0 Å². The molecule has 3 nitrogen and oxygen atoms in total. The predicted molar refractivity (Wildman–Crippen MR) is 132 cm³/mol. The van der Waals surface area contributed by atoms with E-state index in [1.54, 1.807) is 37.5 Å². The molecular weight excluding hydrogens is 398 g/mol. The van der Waals surface area contributed by atoms with Crippen LogP contribution in [0.4, 0.5) is 0 Å².